The second-order valence-corrected chi connectivity index (χ2v) is 9.87. The summed E-state index contributed by atoms with van der Waals surface area (Å²) in [5.74, 6) is -0.00611. The van der Waals surface area contributed by atoms with Gasteiger partial charge in [-0.1, -0.05) is 0 Å². The molecule has 36 heavy (non-hydrogen) atoms. The van der Waals surface area contributed by atoms with Crippen LogP contribution in [0.15, 0.2) is 42.5 Å². The van der Waals surface area contributed by atoms with Crippen LogP contribution in [0.1, 0.15) is 37.7 Å². The molecule has 0 spiro atoms. The fourth-order valence-corrected chi connectivity index (χ4v) is 5.93. The second-order valence-electron chi connectivity index (χ2n) is 9.87. The first kappa shape index (κ1) is 28.6. The molecular weight excluding hydrogens is 505 g/mol. The third-order valence-corrected chi connectivity index (χ3v) is 7.76. The number of hydrogen-bond acceptors (Lipinski definition) is 4. The first-order valence-corrected chi connectivity index (χ1v) is 12.5. The molecule has 3 heterocycles. The molecule has 0 unspecified atom stereocenters. The van der Waals surface area contributed by atoms with Gasteiger partial charge in [-0.25, -0.2) is 8.78 Å². The summed E-state index contributed by atoms with van der Waals surface area (Å²) in [4.78, 5) is 20.7. The van der Waals surface area contributed by atoms with E-state index in [4.69, 9.17) is 0 Å². The molecule has 2 aromatic carbocycles. The second kappa shape index (κ2) is 12.5. The Morgan fingerprint density at radius 1 is 0.861 bits per heavy atom. The van der Waals surface area contributed by atoms with Crippen molar-refractivity contribution in [2.24, 2.45) is 0 Å². The van der Waals surface area contributed by atoms with Crippen LogP contribution in [0, 0.1) is 11.6 Å². The summed E-state index contributed by atoms with van der Waals surface area (Å²) in [6, 6.07) is 12.0. The van der Waals surface area contributed by atoms with Crippen molar-refractivity contribution in [3.05, 3.63) is 59.7 Å². The predicted molar refractivity (Wildman–Crippen MR) is 145 cm³/mol. The van der Waals surface area contributed by atoms with Gasteiger partial charge in [0.15, 0.2) is 0 Å². The van der Waals surface area contributed by atoms with Gasteiger partial charge in [-0.05, 0) is 80.4 Å². The van der Waals surface area contributed by atoms with E-state index in [1.165, 1.54) is 18.2 Å². The van der Waals surface area contributed by atoms with Crippen molar-refractivity contribution >= 4 is 42.1 Å². The molecule has 2 fully saturated rings. The number of halogens is 4. The molecule has 0 aromatic heterocycles. The maximum absolute atomic E-state index is 14.2. The highest BCUT2D eigenvalue weighted by Gasteiger charge is 2.42. The standard InChI is InChI=1S/C27H34F2N4O.2ClH/c1-20(34)32-16-14-30(15-17-32)11-2-3-12-31-13-10-27-25(19-31)24-18-22(29)6-9-26(24)33(27)23-7-4-21(28)5-8-23;;/h4-9,18,25,27H,2-3,10-17,19H2,1H3;2*1H/t25-,27+;;/m0../s1. The van der Waals surface area contributed by atoms with Crippen LogP contribution in [0.5, 0.6) is 0 Å². The average molecular weight is 542 g/mol. The van der Waals surface area contributed by atoms with Gasteiger partial charge >= 0.3 is 0 Å². The zero-order chi connectivity index (χ0) is 23.7. The summed E-state index contributed by atoms with van der Waals surface area (Å²) in [6.45, 7) is 9.34. The van der Waals surface area contributed by atoms with Gasteiger partial charge < -0.3 is 14.7 Å². The van der Waals surface area contributed by atoms with Crippen molar-refractivity contribution in [1.29, 1.82) is 0 Å². The molecule has 5 nitrogen and oxygen atoms in total. The minimum Gasteiger partial charge on any atom is -0.340 e. The first-order chi connectivity index (χ1) is 16.5. The summed E-state index contributed by atoms with van der Waals surface area (Å²) in [5.41, 5.74) is 3.09. The lowest BCUT2D eigenvalue weighted by Crippen LogP contribution is -2.48. The van der Waals surface area contributed by atoms with Crippen molar-refractivity contribution in [3.8, 4) is 0 Å². The Kier molecular flexibility index (Phi) is 9.98. The molecule has 2 saturated heterocycles. The van der Waals surface area contributed by atoms with Crippen LogP contribution in [-0.4, -0.2) is 79.0 Å². The highest BCUT2D eigenvalue weighted by Crippen LogP contribution is 2.48. The Bertz CT molecular complexity index is 1020. The highest BCUT2D eigenvalue weighted by atomic mass is 35.5. The zero-order valence-electron chi connectivity index (χ0n) is 20.7. The number of hydrogen-bond donors (Lipinski definition) is 0. The van der Waals surface area contributed by atoms with E-state index in [1.54, 1.807) is 13.0 Å². The molecule has 9 heteroatoms. The molecule has 5 rings (SSSR count). The van der Waals surface area contributed by atoms with Crippen LogP contribution in [-0.2, 0) is 4.79 Å². The largest absolute Gasteiger partial charge is 0.340 e. The molecule has 2 atom stereocenters. The fraction of sp³-hybridized carbons (Fsp3) is 0.519. The van der Waals surface area contributed by atoms with Gasteiger partial charge in [0.05, 0.1) is 0 Å². The van der Waals surface area contributed by atoms with Crippen molar-refractivity contribution in [1.82, 2.24) is 14.7 Å². The number of fused-ring (bicyclic) bond motifs is 3. The maximum atomic E-state index is 14.2. The molecule has 3 aliphatic rings. The number of benzene rings is 2. The van der Waals surface area contributed by atoms with Crippen LogP contribution in [0.2, 0.25) is 0 Å². The summed E-state index contributed by atoms with van der Waals surface area (Å²) in [5, 5.41) is 0. The fourth-order valence-electron chi connectivity index (χ4n) is 5.93. The lowest BCUT2D eigenvalue weighted by molar-refractivity contribution is -0.130. The molecule has 0 N–H and O–H groups in total. The number of carbonyl (C=O) groups excluding carboxylic acids is 1. The topological polar surface area (TPSA) is 30.0 Å². The van der Waals surface area contributed by atoms with E-state index in [2.05, 4.69) is 14.7 Å². The summed E-state index contributed by atoms with van der Waals surface area (Å²) in [6.07, 6.45) is 3.30. The van der Waals surface area contributed by atoms with E-state index in [-0.39, 0.29) is 54.3 Å². The molecule has 0 saturated carbocycles. The number of likely N-dealkylation sites (tertiary alicyclic amines) is 1. The van der Waals surface area contributed by atoms with Crippen molar-refractivity contribution < 1.29 is 13.6 Å². The van der Waals surface area contributed by atoms with Gasteiger partial charge in [0, 0.05) is 69.5 Å². The summed E-state index contributed by atoms with van der Waals surface area (Å²) < 4.78 is 27.7. The molecule has 0 radical (unpaired) electrons. The summed E-state index contributed by atoms with van der Waals surface area (Å²) in [7, 11) is 0. The number of piperidine rings is 1. The first-order valence-electron chi connectivity index (χ1n) is 12.5. The van der Waals surface area contributed by atoms with E-state index in [0.29, 0.717) is 0 Å². The normalized spacial score (nSPS) is 21.9. The third-order valence-electron chi connectivity index (χ3n) is 7.76. The van der Waals surface area contributed by atoms with Gasteiger partial charge in [-0.2, -0.15) is 0 Å². The van der Waals surface area contributed by atoms with Crippen LogP contribution in [0.4, 0.5) is 20.2 Å². The van der Waals surface area contributed by atoms with E-state index in [1.807, 2.05) is 23.1 Å². The van der Waals surface area contributed by atoms with E-state index < -0.39 is 0 Å². The molecule has 1 amide bonds. The minimum atomic E-state index is -0.241. The van der Waals surface area contributed by atoms with Gasteiger partial charge in [0.1, 0.15) is 11.6 Å². The zero-order valence-corrected chi connectivity index (χ0v) is 22.4. The maximum Gasteiger partial charge on any atom is 0.219 e. The Morgan fingerprint density at radius 3 is 2.17 bits per heavy atom. The Balaban J connectivity index is 0.00000180. The number of nitrogens with zero attached hydrogens (tertiary/aromatic N) is 4. The predicted octanol–water partition coefficient (Wildman–Crippen LogP) is 5.06. The third kappa shape index (κ3) is 6.13. The van der Waals surface area contributed by atoms with Crippen LogP contribution in [0.3, 0.4) is 0 Å². The summed E-state index contributed by atoms with van der Waals surface area (Å²) >= 11 is 0. The number of anilines is 2. The monoisotopic (exact) mass is 540 g/mol. The van der Waals surface area contributed by atoms with Gasteiger partial charge in [-0.3, -0.25) is 9.69 Å². The Hall–Kier alpha value is -1.93. The molecular formula is C27H36Cl2F2N4O. The Morgan fingerprint density at radius 2 is 1.50 bits per heavy atom. The minimum absolute atomic E-state index is 0. The highest BCUT2D eigenvalue weighted by molar-refractivity contribution is 5.85. The quantitative estimate of drug-likeness (QED) is 0.479. The van der Waals surface area contributed by atoms with Gasteiger partial charge in [0.2, 0.25) is 5.91 Å². The number of unbranched alkanes of at least 4 members (excludes halogenated alkanes) is 1. The number of piperazine rings is 1. The van der Waals surface area contributed by atoms with Crippen LogP contribution < -0.4 is 4.90 Å². The van der Waals surface area contributed by atoms with Gasteiger partial charge in [0.25, 0.3) is 0 Å². The number of carbonyl (C=O) groups is 1. The lowest BCUT2D eigenvalue weighted by atomic mass is 9.89. The molecule has 198 valence electrons. The van der Waals surface area contributed by atoms with E-state index in [9.17, 15) is 13.6 Å². The van der Waals surface area contributed by atoms with Crippen LogP contribution in [0.25, 0.3) is 0 Å². The lowest BCUT2D eigenvalue weighted by Gasteiger charge is -2.39. The van der Waals surface area contributed by atoms with Crippen molar-refractivity contribution in [3.63, 3.8) is 0 Å². The van der Waals surface area contributed by atoms with Crippen LogP contribution >= 0.6 is 24.8 Å². The van der Waals surface area contributed by atoms with Gasteiger partial charge in [-0.15, -0.1) is 24.8 Å². The smallest absolute Gasteiger partial charge is 0.219 e. The molecule has 0 aliphatic carbocycles. The van der Waals surface area contributed by atoms with Crippen molar-refractivity contribution in [2.45, 2.75) is 38.1 Å². The SMILES string of the molecule is CC(=O)N1CCN(CCCCN2CC[C@@H]3[C@@H](C2)c2cc(F)ccc2N3c2ccc(F)cc2)CC1.Cl.Cl. The molecule has 3 aliphatic heterocycles. The van der Waals surface area contributed by atoms with E-state index >= 15 is 0 Å². The number of amides is 1. The molecule has 2 aromatic rings. The van der Waals surface area contributed by atoms with E-state index in [0.717, 1.165) is 88.6 Å². The van der Waals surface area contributed by atoms with Crippen molar-refractivity contribution in [2.75, 3.05) is 57.3 Å². The number of rotatable bonds is 6. The molecule has 0 bridgehead atoms. The Labute approximate surface area is 225 Å². The average Bonchev–Trinajstić information content (AvgIpc) is 3.15.